The highest BCUT2D eigenvalue weighted by Gasteiger charge is 2.27. The number of amides is 1. The van der Waals surface area contributed by atoms with Crippen molar-refractivity contribution in [2.45, 2.75) is 13.3 Å². The van der Waals surface area contributed by atoms with E-state index in [-0.39, 0.29) is 12.5 Å². The molecule has 0 unspecified atom stereocenters. The number of fused-ring (bicyclic) bond motifs is 1. The summed E-state index contributed by atoms with van der Waals surface area (Å²) in [5.74, 6) is -0.751. The van der Waals surface area contributed by atoms with Crippen LogP contribution < -0.4 is 4.90 Å². The topological polar surface area (TPSA) is 78.5 Å². The van der Waals surface area contributed by atoms with Crippen LogP contribution in [-0.4, -0.2) is 61.0 Å². The molecule has 0 aliphatic rings. The molecule has 0 fully saturated rings. The van der Waals surface area contributed by atoms with Gasteiger partial charge in [-0.3, -0.25) is 9.59 Å². The lowest BCUT2D eigenvalue weighted by Gasteiger charge is -2.21. The summed E-state index contributed by atoms with van der Waals surface area (Å²) in [6.45, 7) is 2.24. The summed E-state index contributed by atoms with van der Waals surface area (Å²) in [6, 6.07) is 16.0. The van der Waals surface area contributed by atoms with Crippen molar-refractivity contribution in [3.63, 3.8) is 0 Å². The van der Waals surface area contributed by atoms with Crippen LogP contribution in [0.3, 0.4) is 0 Å². The van der Waals surface area contributed by atoms with Crippen LogP contribution in [0.25, 0.3) is 21.3 Å². The average Bonchev–Trinajstić information content (AvgIpc) is 3.46. The van der Waals surface area contributed by atoms with Crippen LogP contribution in [0.4, 0.5) is 5.13 Å². The second-order valence-electron chi connectivity index (χ2n) is 8.35. The van der Waals surface area contributed by atoms with E-state index in [4.69, 9.17) is 4.74 Å². The molecule has 2 aromatic carbocycles. The monoisotopic (exact) mass is 476 g/mol. The highest BCUT2D eigenvalue weighted by molar-refractivity contribution is 7.19. The van der Waals surface area contributed by atoms with E-state index in [1.54, 1.807) is 0 Å². The number of para-hydroxylation sites is 1. The summed E-state index contributed by atoms with van der Waals surface area (Å²) >= 11 is 1.46. The quantitative estimate of drug-likeness (QED) is 0.378. The SMILES string of the molecule is COC(=O)CN(CCc1c[nH]c2ccccc12)C(=O)c1nc(N(C)C)sc1-c1cccc(C)c1. The number of nitrogens with one attached hydrogen (secondary N) is 1. The highest BCUT2D eigenvalue weighted by atomic mass is 32.1. The van der Waals surface area contributed by atoms with Crippen LogP contribution >= 0.6 is 11.3 Å². The number of hydrogen-bond donors (Lipinski definition) is 1. The second kappa shape index (κ2) is 10.1. The molecule has 0 atom stereocenters. The molecule has 8 heteroatoms. The van der Waals surface area contributed by atoms with Crippen LogP contribution in [0.15, 0.2) is 54.7 Å². The molecule has 0 radical (unpaired) electrons. The Morgan fingerprint density at radius 2 is 1.91 bits per heavy atom. The predicted molar refractivity (Wildman–Crippen MR) is 137 cm³/mol. The lowest BCUT2D eigenvalue weighted by molar-refractivity contribution is -0.141. The molecule has 2 aromatic heterocycles. The van der Waals surface area contributed by atoms with Crippen molar-refractivity contribution in [1.82, 2.24) is 14.9 Å². The number of carbonyl (C=O) groups is 2. The molecule has 176 valence electrons. The van der Waals surface area contributed by atoms with Gasteiger partial charge >= 0.3 is 5.97 Å². The van der Waals surface area contributed by atoms with Crippen molar-refractivity contribution in [3.05, 3.63) is 71.5 Å². The van der Waals surface area contributed by atoms with Gasteiger partial charge in [0.1, 0.15) is 12.2 Å². The van der Waals surface area contributed by atoms with Crippen molar-refractivity contribution in [2.24, 2.45) is 0 Å². The van der Waals surface area contributed by atoms with Gasteiger partial charge in [-0.2, -0.15) is 0 Å². The molecule has 0 aliphatic carbocycles. The van der Waals surface area contributed by atoms with Crippen LogP contribution in [0.2, 0.25) is 0 Å². The number of esters is 1. The van der Waals surface area contributed by atoms with Gasteiger partial charge in [-0.15, -0.1) is 0 Å². The van der Waals surface area contributed by atoms with Crippen molar-refractivity contribution >= 4 is 39.2 Å². The first kappa shape index (κ1) is 23.5. The number of carbonyl (C=O) groups excluding carboxylic acids is 2. The fourth-order valence-corrected chi connectivity index (χ4v) is 4.82. The summed E-state index contributed by atoms with van der Waals surface area (Å²) in [4.78, 5) is 38.1. The first-order chi connectivity index (χ1) is 16.4. The number of anilines is 1. The summed E-state index contributed by atoms with van der Waals surface area (Å²) in [7, 11) is 5.13. The Morgan fingerprint density at radius 1 is 1.12 bits per heavy atom. The van der Waals surface area contributed by atoms with E-state index < -0.39 is 5.97 Å². The maximum Gasteiger partial charge on any atom is 0.325 e. The molecule has 0 saturated carbocycles. The standard InChI is InChI=1S/C26H28N4O3S/c1-17-8-7-9-18(14-17)24-23(28-26(34-24)29(2)3)25(32)30(16-22(31)33-4)13-12-19-15-27-21-11-6-5-10-20(19)21/h5-11,14-15,27H,12-13,16H2,1-4H3. The summed E-state index contributed by atoms with van der Waals surface area (Å²) in [5.41, 5.74) is 4.51. The molecule has 4 rings (SSSR count). The molecule has 34 heavy (non-hydrogen) atoms. The summed E-state index contributed by atoms with van der Waals surface area (Å²) in [6.07, 6.45) is 2.55. The Balaban J connectivity index is 1.67. The largest absolute Gasteiger partial charge is 0.468 e. The van der Waals surface area contributed by atoms with Crippen molar-refractivity contribution in [3.8, 4) is 10.4 Å². The molecule has 0 aliphatic heterocycles. The van der Waals surface area contributed by atoms with Gasteiger partial charge in [0.2, 0.25) is 0 Å². The second-order valence-corrected chi connectivity index (χ2v) is 9.33. The average molecular weight is 477 g/mol. The lowest BCUT2D eigenvalue weighted by atomic mass is 10.1. The molecule has 0 saturated heterocycles. The van der Waals surface area contributed by atoms with E-state index in [1.165, 1.54) is 23.3 Å². The van der Waals surface area contributed by atoms with Crippen LogP contribution in [0.1, 0.15) is 21.6 Å². The molecule has 1 N–H and O–H groups in total. The number of hydrogen-bond acceptors (Lipinski definition) is 6. The maximum atomic E-state index is 13.8. The minimum absolute atomic E-state index is 0.139. The molecular formula is C26H28N4O3S. The lowest BCUT2D eigenvalue weighted by Crippen LogP contribution is -2.38. The van der Waals surface area contributed by atoms with Crippen LogP contribution in [-0.2, 0) is 16.0 Å². The Kier molecular flexibility index (Phi) is 6.98. The van der Waals surface area contributed by atoms with Crippen LogP contribution in [0, 0.1) is 6.92 Å². The normalized spacial score (nSPS) is 10.9. The van der Waals surface area contributed by atoms with Gasteiger partial charge in [-0.1, -0.05) is 59.4 Å². The number of methoxy groups -OCH3 is 1. The molecule has 7 nitrogen and oxygen atoms in total. The third kappa shape index (κ3) is 4.97. The Morgan fingerprint density at radius 3 is 2.65 bits per heavy atom. The number of nitrogens with zero attached hydrogens (tertiary/aromatic N) is 3. The van der Waals surface area contributed by atoms with E-state index in [0.717, 1.165) is 37.6 Å². The van der Waals surface area contributed by atoms with Gasteiger partial charge in [0, 0.05) is 37.7 Å². The van der Waals surface area contributed by atoms with E-state index in [2.05, 4.69) is 9.97 Å². The zero-order chi connectivity index (χ0) is 24.2. The fourth-order valence-electron chi connectivity index (χ4n) is 3.84. The number of aryl methyl sites for hydroxylation is 1. The third-order valence-electron chi connectivity index (χ3n) is 5.64. The van der Waals surface area contributed by atoms with Gasteiger partial charge in [0.25, 0.3) is 5.91 Å². The van der Waals surface area contributed by atoms with E-state index in [0.29, 0.717) is 18.7 Å². The van der Waals surface area contributed by atoms with Gasteiger partial charge in [0.15, 0.2) is 5.13 Å². The molecule has 0 bridgehead atoms. The Labute approximate surface area is 203 Å². The smallest absolute Gasteiger partial charge is 0.325 e. The summed E-state index contributed by atoms with van der Waals surface area (Å²) in [5, 5.41) is 1.84. The number of rotatable bonds is 8. The number of aromatic nitrogens is 2. The van der Waals surface area contributed by atoms with Crippen molar-refractivity contribution in [1.29, 1.82) is 0 Å². The van der Waals surface area contributed by atoms with Crippen molar-refractivity contribution < 1.29 is 14.3 Å². The number of H-pyrrole nitrogens is 1. The minimum Gasteiger partial charge on any atom is -0.468 e. The van der Waals surface area contributed by atoms with E-state index >= 15 is 0 Å². The number of benzene rings is 2. The van der Waals surface area contributed by atoms with Gasteiger partial charge < -0.3 is 19.5 Å². The zero-order valence-electron chi connectivity index (χ0n) is 19.8. The maximum absolute atomic E-state index is 13.8. The summed E-state index contributed by atoms with van der Waals surface area (Å²) < 4.78 is 4.88. The molecule has 1 amide bonds. The first-order valence-electron chi connectivity index (χ1n) is 11.0. The predicted octanol–water partition coefficient (Wildman–Crippen LogP) is 4.52. The molecule has 0 spiro atoms. The third-order valence-corrected chi connectivity index (χ3v) is 6.91. The number of ether oxygens (including phenoxy) is 1. The Hall–Kier alpha value is -3.65. The molecular weight excluding hydrogens is 448 g/mol. The zero-order valence-corrected chi connectivity index (χ0v) is 20.6. The minimum atomic E-state index is -0.465. The van der Waals surface area contributed by atoms with Gasteiger partial charge in [0.05, 0.1) is 12.0 Å². The highest BCUT2D eigenvalue weighted by Crippen LogP contribution is 2.35. The van der Waals surface area contributed by atoms with Gasteiger partial charge in [-0.25, -0.2) is 4.98 Å². The fraction of sp³-hybridized carbons (Fsp3) is 0.269. The first-order valence-corrected chi connectivity index (χ1v) is 11.8. The van der Waals surface area contributed by atoms with E-state index in [1.807, 2.05) is 80.6 Å². The number of thiazole rings is 1. The van der Waals surface area contributed by atoms with E-state index in [9.17, 15) is 9.59 Å². The van der Waals surface area contributed by atoms with Gasteiger partial charge in [-0.05, 0) is 30.5 Å². The number of aromatic amines is 1. The van der Waals surface area contributed by atoms with Crippen LogP contribution in [0.5, 0.6) is 0 Å². The molecule has 2 heterocycles. The molecule has 4 aromatic rings. The Bertz CT molecular complexity index is 1320. The van der Waals surface area contributed by atoms with Crippen molar-refractivity contribution in [2.75, 3.05) is 39.2 Å².